The molecule has 4 heteroatoms. The van der Waals surface area contributed by atoms with Crippen LogP contribution in [0.25, 0.3) is 10.9 Å². The molecule has 0 radical (unpaired) electrons. The summed E-state index contributed by atoms with van der Waals surface area (Å²) in [5.41, 5.74) is 4.11. The van der Waals surface area contributed by atoms with Gasteiger partial charge in [-0.3, -0.25) is 4.98 Å². The predicted molar refractivity (Wildman–Crippen MR) is 58.1 cm³/mol. The van der Waals surface area contributed by atoms with Crippen LogP contribution in [0.15, 0.2) is 34.9 Å². The fourth-order valence-electron chi connectivity index (χ4n) is 1.41. The third kappa shape index (κ3) is 1.77. The zero-order chi connectivity index (χ0) is 9.97. The van der Waals surface area contributed by atoms with Crippen LogP contribution in [0.4, 0.5) is 0 Å². The summed E-state index contributed by atoms with van der Waals surface area (Å²) in [5, 5.41) is 9.71. The monoisotopic (exact) mass is 252 g/mol. The van der Waals surface area contributed by atoms with Crippen LogP contribution in [0.3, 0.4) is 0 Å². The Kier molecular flexibility index (Phi) is 2.77. The lowest BCUT2D eigenvalue weighted by molar-refractivity contribution is 0.161. The molecule has 0 spiro atoms. The molecule has 0 bridgehead atoms. The number of aromatic nitrogens is 1. The minimum absolute atomic E-state index is 0.426. The molecule has 72 valence electrons. The minimum atomic E-state index is 0.426. The molecule has 0 aliphatic rings. The SMILES string of the molecule is ONCc1ccnc2ccc(Br)cc12. The van der Waals surface area contributed by atoms with E-state index in [1.165, 1.54) is 0 Å². The molecule has 1 heterocycles. The fourth-order valence-corrected chi connectivity index (χ4v) is 1.78. The number of fused-ring (bicyclic) bond motifs is 1. The number of pyridine rings is 1. The van der Waals surface area contributed by atoms with Gasteiger partial charge >= 0.3 is 0 Å². The normalized spacial score (nSPS) is 10.7. The first-order valence-electron chi connectivity index (χ1n) is 4.21. The second-order valence-corrected chi connectivity index (χ2v) is 3.88. The van der Waals surface area contributed by atoms with Crippen LogP contribution < -0.4 is 5.48 Å². The van der Waals surface area contributed by atoms with Gasteiger partial charge in [-0.1, -0.05) is 15.9 Å². The van der Waals surface area contributed by atoms with E-state index in [4.69, 9.17) is 5.21 Å². The molecule has 0 unspecified atom stereocenters. The molecule has 1 aromatic carbocycles. The summed E-state index contributed by atoms with van der Waals surface area (Å²) in [7, 11) is 0. The highest BCUT2D eigenvalue weighted by molar-refractivity contribution is 9.10. The Balaban J connectivity index is 2.64. The molecule has 0 atom stereocenters. The van der Waals surface area contributed by atoms with Gasteiger partial charge in [-0.05, 0) is 29.8 Å². The Morgan fingerprint density at radius 1 is 1.36 bits per heavy atom. The van der Waals surface area contributed by atoms with E-state index in [9.17, 15) is 0 Å². The molecule has 0 aliphatic carbocycles. The topological polar surface area (TPSA) is 45.1 Å². The van der Waals surface area contributed by atoms with E-state index in [1.54, 1.807) is 6.20 Å². The van der Waals surface area contributed by atoms with Crippen molar-refractivity contribution in [2.75, 3.05) is 0 Å². The van der Waals surface area contributed by atoms with E-state index in [1.807, 2.05) is 24.3 Å². The highest BCUT2D eigenvalue weighted by atomic mass is 79.9. The summed E-state index contributed by atoms with van der Waals surface area (Å²) >= 11 is 3.41. The van der Waals surface area contributed by atoms with Gasteiger partial charge in [0.25, 0.3) is 0 Å². The first kappa shape index (κ1) is 9.58. The highest BCUT2D eigenvalue weighted by Gasteiger charge is 2.01. The fraction of sp³-hybridized carbons (Fsp3) is 0.100. The van der Waals surface area contributed by atoms with Crippen LogP contribution in [-0.4, -0.2) is 10.2 Å². The van der Waals surface area contributed by atoms with Crippen LogP contribution in [0.5, 0.6) is 0 Å². The van der Waals surface area contributed by atoms with Crippen molar-refractivity contribution in [1.82, 2.24) is 10.5 Å². The number of halogens is 1. The molecule has 3 nitrogen and oxygen atoms in total. The number of nitrogens with zero attached hydrogens (tertiary/aromatic N) is 1. The maximum absolute atomic E-state index is 8.67. The second-order valence-electron chi connectivity index (χ2n) is 2.97. The standard InChI is InChI=1S/C10H9BrN2O/c11-8-1-2-10-9(5-8)7(6-13-14)3-4-12-10/h1-5,13-14H,6H2. The van der Waals surface area contributed by atoms with Crippen LogP contribution in [0, 0.1) is 0 Å². The van der Waals surface area contributed by atoms with Gasteiger partial charge in [0.15, 0.2) is 0 Å². The first-order valence-corrected chi connectivity index (χ1v) is 5.00. The number of benzene rings is 1. The Morgan fingerprint density at radius 2 is 2.21 bits per heavy atom. The summed E-state index contributed by atoms with van der Waals surface area (Å²) in [6.45, 7) is 0.426. The predicted octanol–water partition coefficient (Wildman–Crippen LogP) is 2.48. The molecule has 0 amide bonds. The molecular formula is C10H9BrN2O. The molecular weight excluding hydrogens is 244 g/mol. The Bertz CT molecular complexity index is 459. The molecule has 2 aromatic rings. The summed E-state index contributed by atoms with van der Waals surface area (Å²) in [5.74, 6) is 0. The lowest BCUT2D eigenvalue weighted by Gasteiger charge is -2.04. The van der Waals surface area contributed by atoms with Crippen molar-refractivity contribution in [2.24, 2.45) is 0 Å². The lowest BCUT2D eigenvalue weighted by Crippen LogP contribution is -2.06. The molecule has 0 saturated carbocycles. The third-order valence-electron chi connectivity index (χ3n) is 2.06. The summed E-state index contributed by atoms with van der Waals surface area (Å²) in [6.07, 6.45) is 1.74. The molecule has 0 saturated heterocycles. The van der Waals surface area contributed by atoms with Crippen LogP contribution in [-0.2, 0) is 6.54 Å². The summed E-state index contributed by atoms with van der Waals surface area (Å²) < 4.78 is 1.01. The van der Waals surface area contributed by atoms with Crippen LogP contribution in [0.2, 0.25) is 0 Å². The number of nitrogens with one attached hydrogen (secondary N) is 1. The highest BCUT2D eigenvalue weighted by Crippen LogP contribution is 2.21. The van der Waals surface area contributed by atoms with Crippen LogP contribution in [0.1, 0.15) is 5.56 Å². The summed E-state index contributed by atoms with van der Waals surface area (Å²) in [4.78, 5) is 4.23. The first-order chi connectivity index (χ1) is 6.81. The van der Waals surface area contributed by atoms with E-state index >= 15 is 0 Å². The maximum Gasteiger partial charge on any atom is 0.0706 e. The van der Waals surface area contributed by atoms with Gasteiger partial charge in [0.1, 0.15) is 0 Å². The zero-order valence-electron chi connectivity index (χ0n) is 7.37. The molecule has 2 rings (SSSR count). The Labute approximate surface area is 89.9 Å². The zero-order valence-corrected chi connectivity index (χ0v) is 8.95. The van der Waals surface area contributed by atoms with Crippen LogP contribution >= 0.6 is 15.9 Å². The summed E-state index contributed by atoms with van der Waals surface area (Å²) in [6, 6.07) is 7.78. The average molecular weight is 253 g/mol. The molecule has 0 aliphatic heterocycles. The van der Waals surface area contributed by atoms with Crippen molar-refractivity contribution in [3.63, 3.8) is 0 Å². The lowest BCUT2D eigenvalue weighted by atomic mass is 10.1. The van der Waals surface area contributed by atoms with E-state index in [0.717, 1.165) is 20.9 Å². The van der Waals surface area contributed by atoms with Gasteiger partial charge in [0.2, 0.25) is 0 Å². The molecule has 14 heavy (non-hydrogen) atoms. The maximum atomic E-state index is 8.67. The van der Waals surface area contributed by atoms with Gasteiger partial charge in [-0.2, -0.15) is 0 Å². The molecule has 2 N–H and O–H groups in total. The van der Waals surface area contributed by atoms with Crippen molar-refractivity contribution in [3.05, 3.63) is 40.5 Å². The van der Waals surface area contributed by atoms with Crippen molar-refractivity contribution >= 4 is 26.8 Å². The number of hydroxylamine groups is 1. The van der Waals surface area contributed by atoms with Crippen molar-refractivity contribution in [3.8, 4) is 0 Å². The quantitative estimate of drug-likeness (QED) is 0.808. The number of hydrogen-bond donors (Lipinski definition) is 2. The van der Waals surface area contributed by atoms with E-state index < -0.39 is 0 Å². The van der Waals surface area contributed by atoms with Gasteiger partial charge in [0.05, 0.1) is 5.52 Å². The van der Waals surface area contributed by atoms with Crippen molar-refractivity contribution in [1.29, 1.82) is 0 Å². The average Bonchev–Trinajstić information content (AvgIpc) is 2.19. The van der Waals surface area contributed by atoms with Gasteiger partial charge in [-0.25, -0.2) is 5.48 Å². The molecule has 0 fully saturated rings. The van der Waals surface area contributed by atoms with E-state index in [2.05, 4.69) is 26.4 Å². The smallest absolute Gasteiger partial charge is 0.0706 e. The minimum Gasteiger partial charge on any atom is -0.316 e. The van der Waals surface area contributed by atoms with E-state index in [0.29, 0.717) is 6.54 Å². The Morgan fingerprint density at radius 3 is 3.00 bits per heavy atom. The van der Waals surface area contributed by atoms with Gasteiger partial charge in [-0.15, -0.1) is 0 Å². The molecule has 1 aromatic heterocycles. The number of hydrogen-bond acceptors (Lipinski definition) is 3. The Hall–Kier alpha value is -0.970. The largest absolute Gasteiger partial charge is 0.316 e. The second kappa shape index (κ2) is 4.04. The van der Waals surface area contributed by atoms with Crippen molar-refractivity contribution < 1.29 is 5.21 Å². The van der Waals surface area contributed by atoms with E-state index in [-0.39, 0.29) is 0 Å². The van der Waals surface area contributed by atoms with Gasteiger partial charge < -0.3 is 5.21 Å². The van der Waals surface area contributed by atoms with Crippen molar-refractivity contribution in [2.45, 2.75) is 6.54 Å². The number of rotatable bonds is 2. The van der Waals surface area contributed by atoms with Gasteiger partial charge in [0, 0.05) is 22.6 Å². The third-order valence-corrected chi connectivity index (χ3v) is 2.56.